The first-order valence-corrected chi connectivity index (χ1v) is 6.95. The van der Waals surface area contributed by atoms with Crippen molar-refractivity contribution in [3.63, 3.8) is 0 Å². The minimum absolute atomic E-state index is 0.959. The summed E-state index contributed by atoms with van der Waals surface area (Å²) in [5.74, 6) is 0. The van der Waals surface area contributed by atoms with Crippen LogP contribution in [0.2, 0.25) is 0 Å². The van der Waals surface area contributed by atoms with Crippen LogP contribution in [-0.4, -0.2) is 42.6 Å². The summed E-state index contributed by atoms with van der Waals surface area (Å²) < 4.78 is 0. The van der Waals surface area contributed by atoms with E-state index in [0.717, 1.165) is 50.5 Å². The number of rotatable bonds is 9. The van der Waals surface area contributed by atoms with Crippen LogP contribution in [0, 0.1) is 0 Å². The third-order valence-electron chi connectivity index (χ3n) is 2.97. The molecule has 1 aromatic heterocycles. The van der Waals surface area contributed by atoms with Gasteiger partial charge in [-0.25, -0.2) is 0 Å². The molecule has 0 aliphatic rings. The zero-order valence-electron chi connectivity index (χ0n) is 11.9. The van der Waals surface area contributed by atoms with Crippen molar-refractivity contribution in [3.8, 4) is 0 Å². The van der Waals surface area contributed by atoms with Gasteiger partial charge in [0.1, 0.15) is 0 Å². The highest BCUT2D eigenvalue weighted by molar-refractivity contribution is 5.53. The fraction of sp³-hybridized carbons (Fsp3) is 0.643. The molecule has 4 nitrogen and oxygen atoms in total. The van der Waals surface area contributed by atoms with Crippen molar-refractivity contribution in [1.29, 1.82) is 0 Å². The monoisotopic (exact) mass is 250 g/mol. The van der Waals surface area contributed by atoms with E-state index < -0.39 is 0 Å². The summed E-state index contributed by atoms with van der Waals surface area (Å²) in [6, 6.07) is 2.12. The fourth-order valence-electron chi connectivity index (χ4n) is 1.80. The fourth-order valence-corrected chi connectivity index (χ4v) is 1.80. The standard InChI is InChI=1S/C14H26N4/c1-4-7-16-13-10-14(12-15-11-13)17-8-9-18(5-2)6-3/h10-12,16-17H,4-9H2,1-3H3. The van der Waals surface area contributed by atoms with Crippen molar-refractivity contribution in [3.05, 3.63) is 18.5 Å². The second kappa shape index (κ2) is 8.75. The molecule has 0 fully saturated rings. The molecule has 0 unspecified atom stereocenters. The maximum atomic E-state index is 4.24. The summed E-state index contributed by atoms with van der Waals surface area (Å²) in [4.78, 5) is 6.64. The zero-order valence-corrected chi connectivity index (χ0v) is 11.9. The summed E-state index contributed by atoms with van der Waals surface area (Å²) in [5, 5.41) is 6.76. The summed E-state index contributed by atoms with van der Waals surface area (Å²) in [5.41, 5.74) is 2.17. The highest BCUT2D eigenvalue weighted by atomic mass is 15.1. The Kier molecular flexibility index (Phi) is 7.18. The second-order valence-corrected chi connectivity index (χ2v) is 4.34. The lowest BCUT2D eigenvalue weighted by atomic mass is 10.3. The van der Waals surface area contributed by atoms with Crippen LogP contribution in [0.3, 0.4) is 0 Å². The summed E-state index contributed by atoms with van der Waals surface area (Å²) in [6.45, 7) is 11.8. The predicted octanol–water partition coefficient (Wildman–Crippen LogP) is 2.66. The lowest BCUT2D eigenvalue weighted by Crippen LogP contribution is -2.28. The first-order valence-electron chi connectivity index (χ1n) is 6.95. The van der Waals surface area contributed by atoms with E-state index in [1.54, 1.807) is 0 Å². The van der Waals surface area contributed by atoms with E-state index in [-0.39, 0.29) is 0 Å². The summed E-state index contributed by atoms with van der Waals surface area (Å²) in [6.07, 6.45) is 4.87. The molecule has 1 aromatic rings. The number of hydrogen-bond donors (Lipinski definition) is 2. The van der Waals surface area contributed by atoms with E-state index in [0.29, 0.717) is 0 Å². The SMILES string of the molecule is CCCNc1cncc(NCCN(CC)CC)c1. The van der Waals surface area contributed by atoms with Gasteiger partial charge < -0.3 is 15.5 Å². The number of hydrogen-bond acceptors (Lipinski definition) is 4. The predicted molar refractivity (Wildman–Crippen MR) is 79.3 cm³/mol. The number of aromatic nitrogens is 1. The van der Waals surface area contributed by atoms with E-state index >= 15 is 0 Å². The molecular weight excluding hydrogens is 224 g/mol. The third-order valence-corrected chi connectivity index (χ3v) is 2.97. The molecule has 0 atom stereocenters. The Hall–Kier alpha value is -1.29. The number of pyridine rings is 1. The number of nitrogens with one attached hydrogen (secondary N) is 2. The maximum Gasteiger partial charge on any atom is 0.0547 e. The number of likely N-dealkylation sites (N-methyl/N-ethyl adjacent to an activating group) is 1. The van der Waals surface area contributed by atoms with Crippen LogP contribution >= 0.6 is 0 Å². The molecule has 2 N–H and O–H groups in total. The number of nitrogens with zero attached hydrogens (tertiary/aromatic N) is 2. The summed E-state index contributed by atoms with van der Waals surface area (Å²) >= 11 is 0. The Morgan fingerprint density at radius 1 is 1.00 bits per heavy atom. The van der Waals surface area contributed by atoms with Crippen molar-refractivity contribution in [2.75, 3.05) is 43.4 Å². The van der Waals surface area contributed by atoms with E-state index in [4.69, 9.17) is 0 Å². The van der Waals surface area contributed by atoms with E-state index in [1.807, 2.05) is 12.4 Å². The molecule has 0 saturated carbocycles. The van der Waals surface area contributed by atoms with Crippen molar-refractivity contribution >= 4 is 11.4 Å². The minimum atomic E-state index is 0.959. The van der Waals surface area contributed by atoms with Crippen LogP contribution in [0.4, 0.5) is 11.4 Å². The van der Waals surface area contributed by atoms with Gasteiger partial charge >= 0.3 is 0 Å². The van der Waals surface area contributed by atoms with E-state index in [9.17, 15) is 0 Å². The van der Waals surface area contributed by atoms with Gasteiger partial charge in [0.05, 0.1) is 23.8 Å². The van der Waals surface area contributed by atoms with Gasteiger partial charge in [0.15, 0.2) is 0 Å². The van der Waals surface area contributed by atoms with Gasteiger partial charge in [-0.15, -0.1) is 0 Å². The van der Waals surface area contributed by atoms with Crippen LogP contribution in [0.1, 0.15) is 27.2 Å². The molecule has 18 heavy (non-hydrogen) atoms. The molecule has 1 heterocycles. The molecular formula is C14H26N4. The largest absolute Gasteiger partial charge is 0.384 e. The average molecular weight is 250 g/mol. The normalized spacial score (nSPS) is 10.7. The summed E-state index contributed by atoms with van der Waals surface area (Å²) in [7, 11) is 0. The van der Waals surface area contributed by atoms with Gasteiger partial charge in [-0.1, -0.05) is 20.8 Å². The van der Waals surface area contributed by atoms with Gasteiger partial charge in [-0.05, 0) is 25.6 Å². The molecule has 0 bridgehead atoms. The zero-order chi connectivity index (χ0) is 13.2. The molecule has 0 spiro atoms. The van der Waals surface area contributed by atoms with Crippen molar-refractivity contribution in [2.24, 2.45) is 0 Å². The third kappa shape index (κ3) is 5.36. The Morgan fingerprint density at radius 3 is 2.17 bits per heavy atom. The van der Waals surface area contributed by atoms with Gasteiger partial charge in [-0.2, -0.15) is 0 Å². The van der Waals surface area contributed by atoms with Crippen LogP contribution in [0.15, 0.2) is 18.5 Å². The van der Waals surface area contributed by atoms with Gasteiger partial charge in [0.2, 0.25) is 0 Å². The molecule has 0 aromatic carbocycles. The van der Waals surface area contributed by atoms with E-state index in [2.05, 4.69) is 47.4 Å². The molecule has 0 aliphatic heterocycles. The Morgan fingerprint density at radius 2 is 1.61 bits per heavy atom. The highest BCUT2D eigenvalue weighted by Crippen LogP contribution is 2.12. The lowest BCUT2D eigenvalue weighted by Gasteiger charge is -2.18. The van der Waals surface area contributed by atoms with Crippen LogP contribution in [0.25, 0.3) is 0 Å². The maximum absolute atomic E-state index is 4.24. The first-order chi connectivity index (χ1) is 8.80. The van der Waals surface area contributed by atoms with Gasteiger partial charge in [0.25, 0.3) is 0 Å². The topological polar surface area (TPSA) is 40.2 Å². The van der Waals surface area contributed by atoms with Crippen molar-refractivity contribution in [2.45, 2.75) is 27.2 Å². The lowest BCUT2D eigenvalue weighted by molar-refractivity contribution is 0.316. The van der Waals surface area contributed by atoms with Crippen LogP contribution < -0.4 is 10.6 Å². The molecule has 102 valence electrons. The Labute approximate surface area is 111 Å². The quantitative estimate of drug-likeness (QED) is 0.707. The minimum Gasteiger partial charge on any atom is -0.384 e. The van der Waals surface area contributed by atoms with Gasteiger partial charge in [-0.3, -0.25) is 4.98 Å². The van der Waals surface area contributed by atoms with Crippen molar-refractivity contribution < 1.29 is 0 Å². The molecule has 4 heteroatoms. The molecule has 0 amide bonds. The van der Waals surface area contributed by atoms with Crippen LogP contribution in [0.5, 0.6) is 0 Å². The van der Waals surface area contributed by atoms with E-state index in [1.165, 1.54) is 0 Å². The first kappa shape index (κ1) is 14.8. The van der Waals surface area contributed by atoms with Crippen LogP contribution in [-0.2, 0) is 0 Å². The molecule has 1 rings (SSSR count). The molecule has 0 aliphatic carbocycles. The van der Waals surface area contributed by atoms with Gasteiger partial charge in [0, 0.05) is 19.6 Å². The highest BCUT2D eigenvalue weighted by Gasteiger charge is 1.99. The van der Waals surface area contributed by atoms with Crippen molar-refractivity contribution in [1.82, 2.24) is 9.88 Å². The molecule has 0 radical (unpaired) electrons. The molecule has 0 saturated heterocycles. The Balaban J connectivity index is 2.37. The number of anilines is 2. The Bertz CT molecular complexity index is 323. The average Bonchev–Trinajstić information content (AvgIpc) is 2.42. The second-order valence-electron chi connectivity index (χ2n) is 4.34. The smallest absolute Gasteiger partial charge is 0.0547 e.